The van der Waals surface area contributed by atoms with Gasteiger partial charge >= 0.3 is 0 Å². The summed E-state index contributed by atoms with van der Waals surface area (Å²) in [6, 6.07) is 9.91. The second-order valence-corrected chi connectivity index (χ2v) is 6.04. The third-order valence-electron chi connectivity index (χ3n) is 4.61. The van der Waals surface area contributed by atoms with Crippen LogP contribution in [0.2, 0.25) is 0 Å². The summed E-state index contributed by atoms with van der Waals surface area (Å²) in [6.07, 6.45) is 1.92. The number of aromatic nitrogens is 1. The van der Waals surface area contributed by atoms with Gasteiger partial charge in [-0.3, -0.25) is 0 Å². The molecule has 2 aliphatic heterocycles. The topological polar surface area (TPSA) is 108 Å². The number of hydrogen-bond acceptors (Lipinski definition) is 5. The zero-order valence-electron chi connectivity index (χ0n) is 14.0. The third kappa shape index (κ3) is 2.10. The molecule has 0 radical (unpaired) electrons. The van der Waals surface area contributed by atoms with Crippen LogP contribution in [0.4, 0.5) is 5.82 Å². The van der Waals surface area contributed by atoms with Gasteiger partial charge in [-0.15, -0.1) is 0 Å². The quantitative estimate of drug-likeness (QED) is 0.700. The number of aromatic amines is 1. The maximum atomic E-state index is 9.56. The summed E-state index contributed by atoms with van der Waals surface area (Å²) in [4.78, 5) is 2.99. The molecule has 0 saturated heterocycles. The van der Waals surface area contributed by atoms with Crippen LogP contribution in [0.3, 0.4) is 0 Å². The molecule has 3 N–H and O–H groups in total. The maximum Gasteiger partial charge on any atom is 0.231 e. The van der Waals surface area contributed by atoms with Crippen molar-refractivity contribution in [1.29, 1.82) is 10.5 Å². The Kier molecular flexibility index (Phi) is 3.35. The van der Waals surface area contributed by atoms with Crippen molar-refractivity contribution in [2.45, 2.75) is 6.92 Å². The number of nitrogens with one attached hydrogen (secondary N) is 1. The Labute approximate surface area is 149 Å². The van der Waals surface area contributed by atoms with E-state index in [0.29, 0.717) is 33.5 Å². The van der Waals surface area contributed by atoms with Crippen molar-refractivity contribution < 1.29 is 9.47 Å². The molecule has 26 heavy (non-hydrogen) atoms. The molecule has 0 spiro atoms. The fourth-order valence-corrected chi connectivity index (χ4v) is 3.33. The second kappa shape index (κ2) is 5.58. The minimum Gasteiger partial charge on any atom is -0.454 e. The van der Waals surface area contributed by atoms with Crippen LogP contribution < -0.4 is 25.6 Å². The van der Waals surface area contributed by atoms with Gasteiger partial charge in [0, 0.05) is 5.56 Å². The van der Waals surface area contributed by atoms with Crippen LogP contribution in [0.15, 0.2) is 18.2 Å². The number of nitrogens with two attached hydrogens (primary N) is 1. The van der Waals surface area contributed by atoms with E-state index < -0.39 is 0 Å². The lowest BCUT2D eigenvalue weighted by Gasteiger charge is -2.10. The smallest absolute Gasteiger partial charge is 0.231 e. The summed E-state index contributed by atoms with van der Waals surface area (Å²) in [5.41, 5.74) is 9.71. The van der Waals surface area contributed by atoms with Gasteiger partial charge in [0.05, 0.1) is 16.8 Å². The Hall–Kier alpha value is -3.90. The summed E-state index contributed by atoms with van der Waals surface area (Å²) in [5, 5.41) is 20.3. The molecule has 2 heterocycles. The number of benzene rings is 1. The lowest BCUT2D eigenvalue weighted by molar-refractivity contribution is 0.174. The van der Waals surface area contributed by atoms with Gasteiger partial charge in [0.2, 0.25) is 6.79 Å². The molecule has 3 aliphatic rings. The van der Waals surface area contributed by atoms with Crippen molar-refractivity contribution in [3.63, 3.8) is 0 Å². The van der Waals surface area contributed by atoms with E-state index in [1.54, 1.807) is 0 Å². The molecule has 4 rings (SSSR count). The van der Waals surface area contributed by atoms with E-state index in [9.17, 15) is 10.5 Å². The standard InChI is InChI=1S/C20H14N4O2/c1-10-13(5-12-3-4-16-17(6-12)26-9-25-16)18-11(2)15(8-22)20(23)24-19(18)14(10)7-21/h3-6,24H,1,9,23H2,2H3/b13-5-. The summed E-state index contributed by atoms with van der Waals surface area (Å²) < 4.78 is 10.8. The fourth-order valence-electron chi connectivity index (χ4n) is 3.33. The van der Waals surface area contributed by atoms with Gasteiger partial charge in [0.15, 0.2) is 11.5 Å². The molecule has 0 bridgehead atoms. The van der Waals surface area contributed by atoms with Gasteiger partial charge in [0.25, 0.3) is 0 Å². The highest BCUT2D eigenvalue weighted by Crippen LogP contribution is 2.33. The fraction of sp³-hybridized carbons (Fsp3) is 0.100. The molecule has 0 amide bonds. The number of pyridine rings is 1. The van der Waals surface area contributed by atoms with Crippen molar-refractivity contribution in [3.05, 3.63) is 50.9 Å². The second-order valence-electron chi connectivity index (χ2n) is 6.04. The SMILES string of the molecule is C=c1c(C#N)c2[nH]c(N)c(C#N)c(C)c-2/c1=C\c1ccc2c(c1)OCO2. The lowest BCUT2D eigenvalue weighted by atomic mass is 10.0. The third-order valence-corrected chi connectivity index (χ3v) is 4.61. The molecule has 126 valence electrons. The first-order valence-corrected chi connectivity index (χ1v) is 7.89. The summed E-state index contributed by atoms with van der Waals surface area (Å²) in [7, 11) is 0. The van der Waals surface area contributed by atoms with E-state index >= 15 is 0 Å². The van der Waals surface area contributed by atoms with Gasteiger partial charge in [-0.2, -0.15) is 10.5 Å². The predicted octanol–water partition coefficient (Wildman–Crippen LogP) is 1.72. The number of ether oxygens (including phenoxy) is 2. The number of H-pyrrole nitrogens is 1. The van der Waals surface area contributed by atoms with Crippen molar-refractivity contribution in [2.24, 2.45) is 0 Å². The molecule has 6 nitrogen and oxygen atoms in total. The van der Waals surface area contributed by atoms with Crippen molar-refractivity contribution >= 4 is 18.5 Å². The number of hydrogen-bond donors (Lipinski definition) is 2. The number of nitriles is 2. The number of nitrogen functional groups attached to an aromatic ring is 1. The Balaban J connectivity index is 2.07. The molecule has 0 unspecified atom stereocenters. The van der Waals surface area contributed by atoms with Crippen LogP contribution in [0.1, 0.15) is 22.3 Å². The monoisotopic (exact) mass is 342 g/mol. The first-order valence-electron chi connectivity index (χ1n) is 7.89. The van der Waals surface area contributed by atoms with E-state index in [4.69, 9.17) is 15.2 Å². The van der Waals surface area contributed by atoms with Crippen LogP contribution in [0.5, 0.6) is 11.5 Å². The zero-order chi connectivity index (χ0) is 18.4. The van der Waals surface area contributed by atoms with Gasteiger partial charge < -0.3 is 20.2 Å². The van der Waals surface area contributed by atoms with Crippen molar-refractivity contribution in [3.8, 4) is 34.9 Å². The summed E-state index contributed by atoms with van der Waals surface area (Å²) in [6.45, 7) is 6.10. The zero-order valence-corrected chi connectivity index (χ0v) is 14.0. The van der Waals surface area contributed by atoms with E-state index in [1.165, 1.54) is 0 Å². The Morgan fingerprint density at radius 1 is 1.19 bits per heavy atom. The molecular formula is C20H14N4O2. The minimum absolute atomic E-state index is 0.204. The van der Waals surface area contributed by atoms with Crippen LogP contribution in [-0.2, 0) is 0 Å². The average Bonchev–Trinajstić information content (AvgIpc) is 3.18. The molecule has 1 aromatic rings. The van der Waals surface area contributed by atoms with E-state index in [1.807, 2.05) is 31.2 Å². The summed E-state index contributed by atoms with van der Waals surface area (Å²) >= 11 is 0. The predicted molar refractivity (Wildman–Crippen MR) is 96.9 cm³/mol. The number of rotatable bonds is 1. The number of anilines is 1. The first kappa shape index (κ1) is 15.6. The van der Waals surface area contributed by atoms with Gasteiger partial charge in [-0.05, 0) is 46.7 Å². The molecule has 0 aromatic heterocycles. The van der Waals surface area contributed by atoms with Crippen LogP contribution in [0, 0.1) is 29.6 Å². The molecule has 1 aliphatic carbocycles. The molecule has 1 aromatic carbocycles. The van der Waals surface area contributed by atoms with Crippen LogP contribution in [0.25, 0.3) is 23.9 Å². The van der Waals surface area contributed by atoms with Crippen LogP contribution in [-0.4, -0.2) is 11.8 Å². The molecule has 6 heteroatoms. The van der Waals surface area contributed by atoms with Crippen molar-refractivity contribution in [2.75, 3.05) is 12.5 Å². The van der Waals surface area contributed by atoms with E-state index in [2.05, 4.69) is 23.7 Å². The summed E-state index contributed by atoms with van der Waals surface area (Å²) in [5.74, 6) is 1.62. The van der Waals surface area contributed by atoms with Crippen molar-refractivity contribution in [1.82, 2.24) is 4.98 Å². The molecule has 0 saturated carbocycles. The number of fused-ring (bicyclic) bond motifs is 2. The minimum atomic E-state index is 0.204. The molecule has 0 fully saturated rings. The average molecular weight is 342 g/mol. The normalized spacial score (nSPS) is 13.0. The maximum absolute atomic E-state index is 9.56. The molecular weight excluding hydrogens is 328 g/mol. The highest BCUT2D eigenvalue weighted by Gasteiger charge is 2.21. The Bertz CT molecular complexity index is 1220. The van der Waals surface area contributed by atoms with Gasteiger partial charge in [-0.1, -0.05) is 12.6 Å². The first-order chi connectivity index (χ1) is 12.5. The number of nitrogens with zero attached hydrogens (tertiary/aromatic N) is 2. The lowest BCUT2D eigenvalue weighted by Crippen LogP contribution is -2.21. The van der Waals surface area contributed by atoms with Crippen LogP contribution >= 0.6 is 0 Å². The Morgan fingerprint density at radius 3 is 2.65 bits per heavy atom. The largest absolute Gasteiger partial charge is 0.454 e. The highest BCUT2D eigenvalue weighted by molar-refractivity contribution is 5.81. The van der Waals surface area contributed by atoms with E-state index in [0.717, 1.165) is 21.9 Å². The van der Waals surface area contributed by atoms with Gasteiger partial charge in [0.1, 0.15) is 18.0 Å². The van der Waals surface area contributed by atoms with Gasteiger partial charge in [-0.25, -0.2) is 0 Å². The van der Waals surface area contributed by atoms with E-state index in [-0.39, 0.29) is 12.6 Å². The molecule has 0 atom stereocenters. The highest BCUT2D eigenvalue weighted by atomic mass is 16.7. The Morgan fingerprint density at radius 2 is 1.92 bits per heavy atom.